The Morgan fingerprint density at radius 3 is 2.27 bits per heavy atom. The van der Waals surface area contributed by atoms with Crippen molar-refractivity contribution < 1.29 is 9.53 Å². The third kappa shape index (κ3) is 2.57. The van der Waals surface area contributed by atoms with Crippen molar-refractivity contribution in [1.29, 1.82) is 10.5 Å². The number of hydrogen-bond donors (Lipinski definition) is 1. The molecule has 5 heteroatoms. The number of rotatable bonds is 2. The van der Waals surface area contributed by atoms with Gasteiger partial charge in [0.15, 0.2) is 0 Å². The summed E-state index contributed by atoms with van der Waals surface area (Å²) in [5, 5.41) is 21.7. The Kier molecular flexibility index (Phi) is 4.29. The number of ether oxygens (including phenoxy) is 1. The van der Waals surface area contributed by atoms with Crippen molar-refractivity contribution in [2.45, 2.75) is 13.8 Å². The molecule has 2 rings (SSSR count). The van der Waals surface area contributed by atoms with Gasteiger partial charge in [-0.3, -0.25) is 0 Å². The number of nitrogens with one attached hydrogen (secondary N) is 1. The van der Waals surface area contributed by atoms with E-state index in [1.807, 2.05) is 13.8 Å². The molecule has 0 radical (unpaired) electrons. The summed E-state index contributed by atoms with van der Waals surface area (Å²) in [4.78, 5) is 11.5. The molecule has 0 amide bonds. The molecule has 5 nitrogen and oxygen atoms in total. The largest absolute Gasteiger partial charge is 0.465 e. The second-order valence-electron chi connectivity index (χ2n) is 4.97. The summed E-state index contributed by atoms with van der Waals surface area (Å²) >= 11 is 0. The van der Waals surface area contributed by atoms with Crippen molar-refractivity contribution in [3.63, 3.8) is 0 Å². The van der Waals surface area contributed by atoms with Gasteiger partial charge >= 0.3 is 5.97 Å². The number of dihydropyridines is 1. The molecule has 0 aliphatic carbocycles. The van der Waals surface area contributed by atoms with Gasteiger partial charge in [0.1, 0.15) is 0 Å². The van der Waals surface area contributed by atoms with Crippen LogP contribution in [-0.2, 0) is 4.74 Å². The predicted molar refractivity (Wildman–Crippen MR) is 80.9 cm³/mol. The molecule has 0 spiro atoms. The maximum Gasteiger partial charge on any atom is 0.337 e. The number of carbonyl (C=O) groups is 1. The molecule has 1 aromatic carbocycles. The van der Waals surface area contributed by atoms with Gasteiger partial charge in [-0.1, -0.05) is 19.1 Å². The smallest absolute Gasteiger partial charge is 0.337 e. The van der Waals surface area contributed by atoms with Gasteiger partial charge in [-0.2, -0.15) is 10.5 Å². The number of nitriles is 2. The minimum Gasteiger partial charge on any atom is -0.465 e. The zero-order chi connectivity index (χ0) is 16.3. The highest BCUT2D eigenvalue weighted by molar-refractivity contribution is 5.90. The third-order valence-electron chi connectivity index (χ3n) is 3.69. The molecule has 0 saturated heterocycles. The maximum atomic E-state index is 11.5. The number of methoxy groups -OCH3 is 1. The first-order valence-corrected chi connectivity index (χ1v) is 6.74. The van der Waals surface area contributed by atoms with Crippen LogP contribution in [0.25, 0.3) is 5.70 Å². The zero-order valence-corrected chi connectivity index (χ0v) is 12.6. The zero-order valence-electron chi connectivity index (χ0n) is 12.6. The van der Waals surface area contributed by atoms with Gasteiger partial charge in [0, 0.05) is 11.6 Å². The van der Waals surface area contributed by atoms with Crippen molar-refractivity contribution in [1.82, 2.24) is 5.32 Å². The lowest BCUT2D eigenvalue weighted by molar-refractivity contribution is 0.0600. The van der Waals surface area contributed by atoms with Gasteiger partial charge in [-0.15, -0.1) is 0 Å². The first-order chi connectivity index (χ1) is 10.5. The van der Waals surface area contributed by atoms with Gasteiger partial charge in [0.25, 0.3) is 0 Å². The normalized spacial score (nSPS) is 17.4. The van der Waals surface area contributed by atoms with E-state index < -0.39 is 5.97 Å². The van der Waals surface area contributed by atoms with Gasteiger partial charge in [-0.05, 0) is 24.6 Å². The van der Waals surface area contributed by atoms with Crippen LogP contribution < -0.4 is 5.32 Å². The van der Waals surface area contributed by atoms with E-state index in [0.29, 0.717) is 22.4 Å². The molecule has 1 aliphatic rings. The van der Waals surface area contributed by atoms with Crippen LogP contribution in [0.5, 0.6) is 0 Å². The summed E-state index contributed by atoms with van der Waals surface area (Å²) in [5.74, 6) is -0.666. The Balaban J connectivity index is 2.46. The number of benzene rings is 1. The van der Waals surface area contributed by atoms with Gasteiger partial charge in [0.2, 0.25) is 0 Å². The molecule has 0 saturated carbocycles. The Morgan fingerprint density at radius 1 is 1.18 bits per heavy atom. The highest BCUT2D eigenvalue weighted by Crippen LogP contribution is 2.32. The molecular weight excluding hydrogens is 278 g/mol. The number of hydrogen-bond acceptors (Lipinski definition) is 5. The second-order valence-corrected chi connectivity index (χ2v) is 4.97. The molecule has 0 aromatic heterocycles. The van der Waals surface area contributed by atoms with Crippen molar-refractivity contribution in [3.05, 3.63) is 52.2 Å². The molecule has 1 aliphatic heterocycles. The summed E-state index contributed by atoms with van der Waals surface area (Å²) in [6.07, 6.45) is 0. The predicted octanol–water partition coefficient (Wildman–Crippen LogP) is 2.74. The van der Waals surface area contributed by atoms with E-state index in [1.165, 1.54) is 7.11 Å². The average Bonchev–Trinajstić information content (AvgIpc) is 2.54. The van der Waals surface area contributed by atoms with Crippen molar-refractivity contribution in [2.24, 2.45) is 5.92 Å². The summed E-state index contributed by atoms with van der Waals surface area (Å²) in [6, 6.07) is 11.1. The van der Waals surface area contributed by atoms with Crippen LogP contribution in [0.1, 0.15) is 29.8 Å². The highest BCUT2D eigenvalue weighted by atomic mass is 16.5. The second kappa shape index (κ2) is 6.15. The van der Waals surface area contributed by atoms with E-state index in [2.05, 4.69) is 22.2 Å². The van der Waals surface area contributed by atoms with Crippen LogP contribution in [0, 0.1) is 28.6 Å². The lowest BCUT2D eigenvalue weighted by atomic mass is 9.86. The molecule has 0 unspecified atom stereocenters. The molecule has 0 fully saturated rings. The van der Waals surface area contributed by atoms with E-state index in [9.17, 15) is 15.3 Å². The van der Waals surface area contributed by atoms with Crippen molar-refractivity contribution >= 4 is 11.7 Å². The molecule has 1 N–H and O–H groups in total. The topological polar surface area (TPSA) is 85.9 Å². The van der Waals surface area contributed by atoms with Crippen LogP contribution in [0.4, 0.5) is 0 Å². The van der Waals surface area contributed by atoms with E-state index >= 15 is 0 Å². The van der Waals surface area contributed by atoms with E-state index in [-0.39, 0.29) is 5.92 Å². The monoisotopic (exact) mass is 293 g/mol. The number of nitrogens with zero attached hydrogens (tertiary/aromatic N) is 2. The first-order valence-electron chi connectivity index (χ1n) is 6.74. The van der Waals surface area contributed by atoms with Crippen LogP contribution >= 0.6 is 0 Å². The Hall–Kier alpha value is -3.05. The fourth-order valence-electron chi connectivity index (χ4n) is 2.46. The quantitative estimate of drug-likeness (QED) is 0.847. The van der Waals surface area contributed by atoms with Gasteiger partial charge in [-0.25, -0.2) is 4.79 Å². The van der Waals surface area contributed by atoms with E-state index in [0.717, 1.165) is 11.3 Å². The first kappa shape index (κ1) is 15.3. The molecule has 110 valence electrons. The Bertz CT molecular complexity index is 759. The molecule has 1 heterocycles. The minimum absolute atomic E-state index is 0.258. The summed E-state index contributed by atoms with van der Waals surface area (Å²) in [5.41, 5.74) is 3.70. The standard InChI is InChI=1S/C17H15N3O2/c1-10-14(8-18)11(2)20-16(15(10)9-19)12-4-6-13(7-5-12)17(21)22-3/h4-7,10,20H,1-3H3/t10-/m1/s1. The number of carbonyl (C=O) groups excluding carboxylic acids is 1. The van der Waals surface area contributed by atoms with Crippen LogP contribution in [0.2, 0.25) is 0 Å². The van der Waals surface area contributed by atoms with Crippen LogP contribution in [0.15, 0.2) is 41.1 Å². The van der Waals surface area contributed by atoms with Gasteiger partial charge < -0.3 is 10.1 Å². The highest BCUT2D eigenvalue weighted by Gasteiger charge is 2.26. The summed E-state index contributed by atoms with van der Waals surface area (Å²) in [7, 11) is 1.33. The average molecular weight is 293 g/mol. The Labute approximate surface area is 129 Å². The lowest BCUT2D eigenvalue weighted by Crippen LogP contribution is -2.23. The molecule has 0 bridgehead atoms. The van der Waals surface area contributed by atoms with Crippen LogP contribution in [0.3, 0.4) is 0 Å². The van der Waals surface area contributed by atoms with Gasteiger partial charge in [0.05, 0.1) is 41.7 Å². The third-order valence-corrected chi connectivity index (χ3v) is 3.69. The molecule has 1 aromatic rings. The molecular formula is C17H15N3O2. The number of allylic oxidation sites excluding steroid dienone is 3. The summed E-state index contributed by atoms with van der Waals surface area (Å²) < 4.78 is 4.66. The van der Waals surface area contributed by atoms with Crippen molar-refractivity contribution in [2.75, 3.05) is 7.11 Å². The van der Waals surface area contributed by atoms with E-state index in [4.69, 9.17) is 0 Å². The SMILES string of the molecule is COC(=O)c1ccc(C2=C(C#N)[C@H](C)C(C#N)=C(C)N2)cc1. The van der Waals surface area contributed by atoms with Crippen LogP contribution in [-0.4, -0.2) is 13.1 Å². The number of esters is 1. The Morgan fingerprint density at radius 2 is 1.77 bits per heavy atom. The fourth-order valence-corrected chi connectivity index (χ4v) is 2.46. The van der Waals surface area contributed by atoms with E-state index in [1.54, 1.807) is 24.3 Å². The molecule has 1 atom stereocenters. The molecule has 22 heavy (non-hydrogen) atoms. The lowest BCUT2D eigenvalue weighted by Gasteiger charge is -2.25. The van der Waals surface area contributed by atoms with Crippen molar-refractivity contribution in [3.8, 4) is 12.1 Å². The summed E-state index contributed by atoms with van der Waals surface area (Å²) in [6.45, 7) is 3.65. The fraction of sp³-hybridized carbons (Fsp3) is 0.235. The maximum absolute atomic E-state index is 11.5. The minimum atomic E-state index is -0.408.